The molecule has 15 heavy (non-hydrogen) atoms. The first-order valence-corrected chi connectivity index (χ1v) is 5.84. The van der Waals surface area contributed by atoms with Crippen LogP contribution in [0.4, 0.5) is 0 Å². The molecule has 0 saturated heterocycles. The van der Waals surface area contributed by atoms with Crippen LogP contribution in [0.2, 0.25) is 0 Å². The molecule has 1 rings (SSSR count). The summed E-state index contributed by atoms with van der Waals surface area (Å²) in [5.41, 5.74) is 0. The van der Waals surface area contributed by atoms with Gasteiger partial charge in [0.05, 0.1) is 17.5 Å². The second-order valence-corrected chi connectivity index (χ2v) is 5.20. The van der Waals surface area contributed by atoms with E-state index in [0.29, 0.717) is 4.88 Å². The highest BCUT2D eigenvalue weighted by molar-refractivity contribution is 7.13. The molecule has 1 atom stereocenters. The molecule has 84 valence electrons. The fourth-order valence-corrected chi connectivity index (χ4v) is 1.99. The lowest BCUT2D eigenvalue weighted by molar-refractivity contribution is 0.0901. The third-order valence-electron chi connectivity index (χ3n) is 2.28. The maximum absolute atomic E-state index is 11.7. The first kappa shape index (κ1) is 12.2. The monoisotopic (exact) mass is 227 g/mol. The van der Waals surface area contributed by atoms with Gasteiger partial charge in [-0.15, -0.1) is 11.3 Å². The van der Waals surface area contributed by atoms with Gasteiger partial charge >= 0.3 is 0 Å². The fourth-order valence-electron chi connectivity index (χ4n) is 1.22. The number of thiophene rings is 1. The Labute approximate surface area is 94.1 Å². The van der Waals surface area contributed by atoms with E-state index in [1.54, 1.807) is 0 Å². The minimum atomic E-state index is -0.167. The molecule has 2 N–H and O–H groups in total. The van der Waals surface area contributed by atoms with Crippen LogP contribution in [-0.2, 0) is 0 Å². The van der Waals surface area contributed by atoms with Gasteiger partial charge in [0.1, 0.15) is 0 Å². The van der Waals surface area contributed by atoms with Crippen LogP contribution in [-0.4, -0.2) is 23.7 Å². The van der Waals surface area contributed by atoms with Gasteiger partial charge < -0.3 is 10.4 Å². The molecule has 0 radical (unpaired) electrons. The van der Waals surface area contributed by atoms with Crippen LogP contribution < -0.4 is 5.32 Å². The van der Waals surface area contributed by atoms with Gasteiger partial charge in [0.15, 0.2) is 0 Å². The van der Waals surface area contributed by atoms with E-state index >= 15 is 0 Å². The Balaban J connectivity index is 2.62. The lowest BCUT2D eigenvalue weighted by Crippen LogP contribution is -2.40. The first-order chi connectivity index (χ1) is 7.04. The van der Waals surface area contributed by atoms with Crippen molar-refractivity contribution in [2.24, 2.45) is 5.92 Å². The van der Waals surface area contributed by atoms with Gasteiger partial charge in [0.2, 0.25) is 0 Å². The number of nitrogens with one attached hydrogen (secondary N) is 1. The van der Waals surface area contributed by atoms with Crippen LogP contribution in [0.3, 0.4) is 0 Å². The van der Waals surface area contributed by atoms with Gasteiger partial charge in [0, 0.05) is 4.88 Å². The summed E-state index contributed by atoms with van der Waals surface area (Å²) >= 11 is 1.47. The number of aliphatic hydroxyl groups is 1. The number of carbonyl (C=O) groups excluding carboxylic acids is 1. The zero-order valence-corrected chi connectivity index (χ0v) is 10.1. The molecule has 0 bridgehead atoms. The van der Waals surface area contributed by atoms with E-state index in [4.69, 9.17) is 5.11 Å². The fraction of sp³-hybridized carbons (Fsp3) is 0.545. The average Bonchev–Trinajstić information content (AvgIpc) is 2.60. The molecule has 1 aromatic heterocycles. The third kappa shape index (κ3) is 3.32. The molecule has 1 aromatic rings. The minimum absolute atomic E-state index is 0.0201. The Kier molecular flexibility index (Phi) is 4.29. The summed E-state index contributed by atoms with van der Waals surface area (Å²) in [7, 11) is 0. The van der Waals surface area contributed by atoms with Gasteiger partial charge in [-0.1, -0.05) is 13.8 Å². The Morgan fingerprint density at radius 3 is 2.60 bits per heavy atom. The van der Waals surface area contributed by atoms with E-state index in [2.05, 4.69) is 5.32 Å². The minimum Gasteiger partial charge on any atom is -0.394 e. The van der Waals surface area contributed by atoms with Gasteiger partial charge in [-0.3, -0.25) is 4.79 Å². The Hall–Kier alpha value is -0.870. The Bertz CT molecular complexity index is 333. The number of amides is 1. The van der Waals surface area contributed by atoms with Gasteiger partial charge in [-0.05, 0) is 25.0 Å². The second-order valence-electron chi connectivity index (χ2n) is 3.92. The smallest absolute Gasteiger partial charge is 0.261 e. The standard InChI is InChI=1S/C11H17NO2S/c1-7(2)9(6-13)12-11(14)10-5-4-8(3)15-10/h4-5,7,9,13H,6H2,1-3H3,(H,12,14). The molecule has 0 aliphatic rings. The molecule has 3 nitrogen and oxygen atoms in total. The number of hydrogen-bond donors (Lipinski definition) is 2. The summed E-state index contributed by atoms with van der Waals surface area (Å²) in [6.45, 7) is 5.89. The van der Waals surface area contributed by atoms with Gasteiger partial charge in [-0.25, -0.2) is 0 Å². The molecule has 4 heteroatoms. The summed E-state index contributed by atoms with van der Waals surface area (Å²) in [5, 5.41) is 11.9. The quantitative estimate of drug-likeness (QED) is 0.824. The molecule has 1 amide bonds. The first-order valence-electron chi connectivity index (χ1n) is 5.02. The summed E-state index contributed by atoms with van der Waals surface area (Å²) < 4.78 is 0. The number of hydrogen-bond acceptors (Lipinski definition) is 3. The predicted octanol–water partition coefficient (Wildman–Crippen LogP) is 1.80. The van der Waals surface area contributed by atoms with Crippen molar-refractivity contribution in [3.63, 3.8) is 0 Å². The van der Waals surface area contributed by atoms with Crippen molar-refractivity contribution in [2.75, 3.05) is 6.61 Å². The molecule has 0 aliphatic carbocycles. The predicted molar refractivity (Wildman–Crippen MR) is 62.2 cm³/mol. The zero-order chi connectivity index (χ0) is 11.4. The molecule has 1 unspecified atom stereocenters. The van der Waals surface area contributed by atoms with Crippen LogP contribution in [0, 0.1) is 12.8 Å². The molecule has 0 saturated carbocycles. The molecule has 1 heterocycles. The maximum atomic E-state index is 11.7. The highest BCUT2D eigenvalue weighted by atomic mass is 32.1. The van der Waals surface area contributed by atoms with Crippen LogP contribution >= 0.6 is 11.3 Å². The maximum Gasteiger partial charge on any atom is 0.261 e. The van der Waals surface area contributed by atoms with Crippen molar-refractivity contribution in [2.45, 2.75) is 26.8 Å². The van der Waals surface area contributed by atoms with Crippen molar-refractivity contribution in [3.05, 3.63) is 21.9 Å². The zero-order valence-electron chi connectivity index (χ0n) is 9.28. The van der Waals surface area contributed by atoms with E-state index in [9.17, 15) is 4.79 Å². The van der Waals surface area contributed by atoms with E-state index in [1.807, 2.05) is 32.9 Å². The van der Waals surface area contributed by atoms with E-state index in [-0.39, 0.29) is 24.5 Å². The topological polar surface area (TPSA) is 49.3 Å². The van der Waals surface area contributed by atoms with Crippen LogP contribution in [0.15, 0.2) is 12.1 Å². The molecule has 0 fully saturated rings. The van der Waals surface area contributed by atoms with Crippen LogP contribution in [0.5, 0.6) is 0 Å². The van der Waals surface area contributed by atoms with Crippen LogP contribution in [0.1, 0.15) is 28.4 Å². The van der Waals surface area contributed by atoms with Crippen molar-refractivity contribution < 1.29 is 9.90 Å². The van der Waals surface area contributed by atoms with Crippen molar-refractivity contribution >= 4 is 17.2 Å². The SMILES string of the molecule is Cc1ccc(C(=O)NC(CO)C(C)C)s1. The van der Waals surface area contributed by atoms with E-state index < -0.39 is 0 Å². The Morgan fingerprint density at radius 2 is 2.20 bits per heavy atom. The summed E-state index contributed by atoms with van der Waals surface area (Å²) in [5.74, 6) is 0.140. The lowest BCUT2D eigenvalue weighted by atomic mass is 10.1. The average molecular weight is 227 g/mol. The Morgan fingerprint density at radius 1 is 1.53 bits per heavy atom. The molecule has 0 aromatic carbocycles. The number of aliphatic hydroxyl groups excluding tert-OH is 1. The number of rotatable bonds is 4. The second kappa shape index (κ2) is 5.28. The highest BCUT2D eigenvalue weighted by Crippen LogP contribution is 2.15. The summed E-state index contributed by atoms with van der Waals surface area (Å²) in [4.78, 5) is 13.5. The van der Waals surface area contributed by atoms with E-state index in [0.717, 1.165) is 4.88 Å². The normalized spacial score (nSPS) is 12.9. The largest absolute Gasteiger partial charge is 0.394 e. The molecule has 0 aliphatic heterocycles. The number of carbonyl (C=O) groups is 1. The molecular weight excluding hydrogens is 210 g/mol. The highest BCUT2D eigenvalue weighted by Gasteiger charge is 2.16. The van der Waals surface area contributed by atoms with E-state index in [1.165, 1.54) is 11.3 Å². The third-order valence-corrected chi connectivity index (χ3v) is 3.28. The summed E-state index contributed by atoms with van der Waals surface area (Å²) in [6.07, 6.45) is 0. The lowest BCUT2D eigenvalue weighted by Gasteiger charge is -2.19. The van der Waals surface area contributed by atoms with Crippen LogP contribution in [0.25, 0.3) is 0 Å². The number of aryl methyl sites for hydroxylation is 1. The molecular formula is C11H17NO2S. The summed E-state index contributed by atoms with van der Waals surface area (Å²) in [6, 6.07) is 3.56. The van der Waals surface area contributed by atoms with Crippen molar-refractivity contribution in [1.82, 2.24) is 5.32 Å². The van der Waals surface area contributed by atoms with Crippen molar-refractivity contribution in [3.8, 4) is 0 Å². The van der Waals surface area contributed by atoms with Gasteiger partial charge in [0.25, 0.3) is 5.91 Å². The van der Waals surface area contributed by atoms with Crippen molar-refractivity contribution in [1.29, 1.82) is 0 Å². The molecule has 0 spiro atoms. The van der Waals surface area contributed by atoms with Gasteiger partial charge in [-0.2, -0.15) is 0 Å².